The van der Waals surface area contributed by atoms with Gasteiger partial charge in [-0.3, -0.25) is 19.3 Å². The minimum Gasteiger partial charge on any atom is -0.450 e. The molecule has 158 valence electrons. The van der Waals surface area contributed by atoms with Gasteiger partial charge in [-0.2, -0.15) is 0 Å². The third kappa shape index (κ3) is 2.08. The number of aromatic nitrogens is 2. The maximum atomic E-state index is 13.9. The van der Waals surface area contributed by atoms with Crippen molar-refractivity contribution in [3.8, 4) is 0 Å². The van der Waals surface area contributed by atoms with Gasteiger partial charge in [0.2, 0.25) is 10.9 Å². The third-order valence-electron chi connectivity index (χ3n) is 6.12. The van der Waals surface area contributed by atoms with Gasteiger partial charge < -0.3 is 9.32 Å². The summed E-state index contributed by atoms with van der Waals surface area (Å²) >= 11 is 1.18. The molecule has 2 aliphatic heterocycles. The van der Waals surface area contributed by atoms with E-state index in [-0.39, 0.29) is 16.5 Å². The Hall–Kier alpha value is -3.85. The molecule has 6 rings (SSSR count). The number of amides is 2. The smallest absolute Gasteiger partial charge is 0.297 e. The summed E-state index contributed by atoms with van der Waals surface area (Å²) in [6.07, 6.45) is 0. The van der Waals surface area contributed by atoms with Crippen LogP contribution in [0, 0.1) is 13.8 Å². The van der Waals surface area contributed by atoms with E-state index in [2.05, 4.69) is 10.2 Å². The van der Waals surface area contributed by atoms with Crippen LogP contribution in [0.3, 0.4) is 0 Å². The van der Waals surface area contributed by atoms with E-state index < -0.39 is 22.8 Å². The standard InChI is InChI=1S/C23H16N4O4S/c1-11-8-9-16-13(10-11)18(28)17-19(31-16)20(29)27(22-25-24-12(2)32-22)23(17)14-6-4-5-7-15(14)26(3)21(23)30/h4-10H,1-3H3. The molecule has 0 saturated carbocycles. The summed E-state index contributed by atoms with van der Waals surface area (Å²) in [4.78, 5) is 44.3. The molecular formula is C23H16N4O4S. The fourth-order valence-corrected chi connectivity index (χ4v) is 5.50. The maximum absolute atomic E-state index is 13.9. The van der Waals surface area contributed by atoms with Crippen LogP contribution in [-0.2, 0) is 10.3 Å². The second kappa shape index (κ2) is 6.10. The van der Waals surface area contributed by atoms with Crippen molar-refractivity contribution < 1.29 is 14.0 Å². The monoisotopic (exact) mass is 444 g/mol. The van der Waals surface area contributed by atoms with Gasteiger partial charge in [0, 0.05) is 18.3 Å². The summed E-state index contributed by atoms with van der Waals surface area (Å²) in [5, 5.41) is 9.39. The van der Waals surface area contributed by atoms with Gasteiger partial charge in [0.1, 0.15) is 10.6 Å². The molecule has 1 unspecified atom stereocenters. The van der Waals surface area contributed by atoms with Crippen LogP contribution >= 0.6 is 11.3 Å². The molecule has 0 N–H and O–H groups in total. The van der Waals surface area contributed by atoms with Crippen LogP contribution in [0.1, 0.15) is 32.3 Å². The largest absolute Gasteiger partial charge is 0.450 e. The molecule has 2 aromatic heterocycles. The van der Waals surface area contributed by atoms with Crippen LogP contribution in [0.2, 0.25) is 0 Å². The predicted octanol–water partition coefficient (Wildman–Crippen LogP) is 3.14. The van der Waals surface area contributed by atoms with Crippen LogP contribution in [0.25, 0.3) is 11.0 Å². The summed E-state index contributed by atoms with van der Waals surface area (Å²) in [5.41, 5.74) is 0.235. The number of para-hydroxylation sites is 1. The van der Waals surface area contributed by atoms with Crippen LogP contribution < -0.4 is 15.2 Å². The summed E-state index contributed by atoms with van der Waals surface area (Å²) < 4.78 is 5.99. The Morgan fingerprint density at radius 2 is 1.81 bits per heavy atom. The first kappa shape index (κ1) is 18.9. The van der Waals surface area contributed by atoms with Crippen LogP contribution in [-0.4, -0.2) is 29.1 Å². The minimum absolute atomic E-state index is 0.0234. The third-order valence-corrected chi connectivity index (χ3v) is 6.94. The highest BCUT2D eigenvalue weighted by molar-refractivity contribution is 7.15. The van der Waals surface area contributed by atoms with Gasteiger partial charge in [-0.1, -0.05) is 41.2 Å². The van der Waals surface area contributed by atoms with Gasteiger partial charge in [0.15, 0.2) is 11.0 Å². The number of aryl methyl sites for hydroxylation is 2. The highest BCUT2D eigenvalue weighted by Gasteiger charge is 2.65. The highest BCUT2D eigenvalue weighted by atomic mass is 32.1. The average molecular weight is 444 g/mol. The Morgan fingerprint density at radius 3 is 2.56 bits per heavy atom. The molecule has 2 aromatic carbocycles. The molecule has 1 spiro atoms. The van der Waals surface area contributed by atoms with Gasteiger partial charge in [0.25, 0.3) is 11.8 Å². The van der Waals surface area contributed by atoms with Crippen molar-refractivity contribution in [3.63, 3.8) is 0 Å². The molecule has 32 heavy (non-hydrogen) atoms. The Labute approximate surface area is 185 Å². The molecule has 0 radical (unpaired) electrons. The number of fused-ring (bicyclic) bond motifs is 5. The summed E-state index contributed by atoms with van der Waals surface area (Å²) in [6, 6.07) is 12.3. The predicted molar refractivity (Wildman–Crippen MR) is 119 cm³/mol. The zero-order chi connectivity index (χ0) is 22.4. The van der Waals surface area contributed by atoms with E-state index in [0.29, 0.717) is 27.2 Å². The quantitative estimate of drug-likeness (QED) is 0.448. The summed E-state index contributed by atoms with van der Waals surface area (Å²) in [7, 11) is 1.63. The molecule has 0 aliphatic carbocycles. The molecule has 8 nitrogen and oxygen atoms in total. The van der Waals surface area contributed by atoms with E-state index in [1.54, 1.807) is 44.3 Å². The van der Waals surface area contributed by atoms with Crippen molar-refractivity contribution in [1.29, 1.82) is 0 Å². The van der Waals surface area contributed by atoms with Gasteiger partial charge in [0.05, 0.1) is 10.9 Å². The molecule has 0 saturated heterocycles. The normalized spacial score (nSPS) is 19.3. The van der Waals surface area contributed by atoms with E-state index in [1.165, 1.54) is 21.1 Å². The molecule has 4 aromatic rings. The van der Waals surface area contributed by atoms with Crippen molar-refractivity contribution in [3.05, 3.63) is 80.1 Å². The first-order valence-electron chi connectivity index (χ1n) is 9.96. The number of anilines is 2. The SMILES string of the molecule is Cc1ccc2oc3c(c(=O)c2c1)C1(C(=O)N(C)c2ccccc21)N(c1nnc(C)s1)C3=O. The second-order valence-corrected chi connectivity index (χ2v) is 9.13. The van der Waals surface area contributed by atoms with Crippen molar-refractivity contribution in [2.24, 2.45) is 0 Å². The van der Waals surface area contributed by atoms with Crippen molar-refractivity contribution in [1.82, 2.24) is 10.2 Å². The fraction of sp³-hybridized carbons (Fsp3) is 0.174. The first-order chi connectivity index (χ1) is 15.4. The molecule has 0 fully saturated rings. The zero-order valence-electron chi connectivity index (χ0n) is 17.4. The van der Waals surface area contributed by atoms with Crippen molar-refractivity contribution in [2.75, 3.05) is 16.8 Å². The number of likely N-dealkylation sites (N-methyl/N-ethyl adjacent to an activating group) is 1. The lowest BCUT2D eigenvalue weighted by Crippen LogP contribution is -2.53. The zero-order valence-corrected chi connectivity index (χ0v) is 18.2. The Morgan fingerprint density at radius 1 is 1.03 bits per heavy atom. The second-order valence-electron chi connectivity index (χ2n) is 7.97. The van der Waals surface area contributed by atoms with E-state index in [4.69, 9.17) is 4.42 Å². The number of benzene rings is 2. The molecule has 4 heterocycles. The van der Waals surface area contributed by atoms with Crippen molar-refractivity contribution in [2.45, 2.75) is 19.4 Å². The molecule has 1 atom stereocenters. The first-order valence-corrected chi connectivity index (χ1v) is 10.8. The van der Waals surface area contributed by atoms with Crippen molar-refractivity contribution >= 4 is 44.9 Å². The minimum atomic E-state index is -1.71. The molecular weight excluding hydrogens is 428 g/mol. The number of hydrogen-bond acceptors (Lipinski definition) is 7. The molecule has 2 amide bonds. The lowest BCUT2D eigenvalue weighted by atomic mass is 9.84. The topological polar surface area (TPSA) is 96.6 Å². The maximum Gasteiger partial charge on any atom is 0.297 e. The molecule has 0 bridgehead atoms. The number of carbonyl (C=O) groups is 2. The number of rotatable bonds is 1. The van der Waals surface area contributed by atoms with E-state index in [0.717, 1.165) is 5.56 Å². The van der Waals surface area contributed by atoms with Gasteiger partial charge in [-0.05, 0) is 32.0 Å². The highest BCUT2D eigenvalue weighted by Crippen LogP contribution is 2.53. The van der Waals surface area contributed by atoms with Crippen LogP contribution in [0.5, 0.6) is 0 Å². The van der Waals surface area contributed by atoms with E-state index in [9.17, 15) is 14.4 Å². The van der Waals surface area contributed by atoms with Gasteiger partial charge in [-0.25, -0.2) is 0 Å². The molecule has 9 heteroatoms. The van der Waals surface area contributed by atoms with Gasteiger partial charge >= 0.3 is 0 Å². The average Bonchev–Trinajstić information content (AvgIpc) is 3.38. The Kier molecular flexibility index (Phi) is 3.60. The number of hydrogen-bond donors (Lipinski definition) is 0. The lowest BCUT2D eigenvalue weighted by Gasteiger charge is -2.31. The van der Waals surface area contributed by atoms with E-state index in [1.807, 2.05) is 19.1 Å². The number of carbonyl (C=O) groups excluding carboxylic acids is 2. The molecule has 2 aliphatic rings. The van der Waals surface area contributed by atoms with Crippen LogP contribution in [0.4, 0.5) is 10.8 Å². The summed E-state index contributed by atoms with van der Waals surface area (Å²) in [6.45, 7) is 3.63. The Balaban J connectivity index is 1.81. The number of nitrogens with zero attached hydrogens (tertiary/aromatic N) is 4. The summed E-state index contributed by atoms with van der Waals surface area (Å²) in [5.74, 6) is -1.15. The van der Waals surface area contributed by atoms with E-state index >= 15 is 0 Å². The van der Waals surface area contributed by atoms with Gasteiger partial charge in [-0.15, -0.1) is 10.2 Å². The fourth-order valence-electron chi connectivity index (χ4n) is 4.76. The Bertz CT molecular complexity index is 1560. The van der Waals surface area contributed by atoms with Crippen LogP contribution in [0.15, 0.2) is 51.7 Å². The lowest BCUT2D eigenvalue weighted by molar-refractivity contribution is -0.121.